The van der Waals surface area contributed by atoms with Gasteiger partial charge in [0.15, 0.2) is 5.75 Å². The fourth-order valence-corrected chi connectivity index (χ4v) is 4.48. The lowest BCUT2D eigenvalue weighted by Gasteiger charge is -2.34. The number of hydrogen-bond donors (Lipinski definition) is 0. The van der Waals surface area contributed by atoms with Gasteiger partial charge in [-0.05, 0) is 43.0 Å². The minimum absolute atomic E-state index is 0.154. The lowest BCUT2D eigenvalue weighted by atomic mass is 10.00. The maximum Gasteiger partial charge on any atom is 0.225 e. The summed E-state index contributed by atoms with van der Waals surface area (Å²) in [7, 11) is 1.60. The molecule has 1 saturated heterocycles. The van der Waals surface area contributed by atoms with Crippen molar-refractivity contribution < 1.29 is 9.53 Å². The Morgan fingerprint density at radius 2 is 1.94 bits per heavy atom. The molecule has 2 aliphatic heterocycles. The zero-order chi connectivity index (χ0) is 23.2. The zero-order valence-corrected chi connectivity index (χ0v) is 20.0. The second-order valence-electron chi connectivity index (χ2n) is 8.30. The average molecular weight is 468 g/mol. The molecule has 2 aliphatic rings. The molecule has 8 heteroatoms. The zero-order valence-electron chi connectivity index (χ0n) is 19.2. The van der Waals surface area contributed by atoms with Gasteiger partial charge in [0.25, 0.3) is 0 Å². The van der Waals surface area contributed by atoms with E-state index in [1.807, 2.05) is 29.2 Å². The van der Waals surface area contributed by atoms with Crippen LogP contribution >= 0.6 is 11.6 Å². The van der Waals surface area contributed by atoms with E-state index in [4.69, 9.17) is 21.3 Å². The number of benzene rings is 1. The van der Waals surface area contributed by atoms with Gasteiger partial charge in [0.1, 0.15) is 0 Å². The summed E-state index contributed by atoms with van der Waals surface area (Å²) in [6.07, 6.45) is 8.74. The molecule has 0 aliphatic carbocycles. The van der Waals surface area contributed by atoms with Crippen molar-refractivity contribution in [3.63, 3.8) is 0 Å². The summed E-state index contributed by atoms with van der Waals surface area (Å²) in [5.41, 5.74) is 3.36. The normalized spacial score (nSPS) is 18.2. The SMILES string of the molecule is CCC1=CC(c2cccc(Cl)c2)=NC1CCCC(=O)N1CCN(c2ncc(OC)cn2)CC1. The first-order valence-electron chi connectivity index (χ1n) is 11.5. The molecular weight excluding hydrogens is 438 g/mol. The molecule has 4 rings (SSSR count). The highest BCUT2D eigenvalue weighted by atomic mass is 35.5. The van der Waals surface area contributed by atoms with Crippen LogP contribution in [0.3, 0.4) is 0 Å². The van der Waals surface area contributed by atoms with E-state index >= 15 is 0 Å². The number of allylic oxidation sites excluding steroid dienone is 1. The van der Waals surface area contributed by atoms with Gasteiger partial charge in [-0.15, -0.1) is 0 Å². The quantitative estimate of drug-likeness (QED) is 0.582. The molecule has 0 saturated carbocycles. The summed E-state index contributed by atoms with van der Waals surface area (Å²) in [5.74, 6) is 1.53. The van der Waals surface area contributed by atoms with Crippen LogP contribution in [0.5, 0.6) is 5.75 Å². The van der Waals surface area contributed by atoms with Crippen LogP contribution in [0.1, 0.15) is 38.2 Å². The Labute approximate surface area is 200 Å². The monoisotopic (exact) mass is 467 g/mol. The second kappa shape index (κ2) is 10.8. The lowest BCUT2D eigenvalue weighted by Crippen LogP contribution is -2.49. The molecule has 1 fully saturated rings. The minimum atomic E-state index is 0.154. The molecule has 1 atom stereocenters. The average Bonchev–Trinajstić information content (AvgIpc) is 3.27. The minimum Gasteiger partial charge on any atom is -0.494 e. The maximum absolute atomic E-state index is 12.8. The number of nitrogens with zero attached hydrogens (tertiary/aromatic N) is 5. The van der Waals surface area contributed by atoms with E-state index in [9.17, 15) is 4.79 Å². The molecule has 33 heavy (non-hydrogen) atoms. The van der Waals surface area contributed by atoms with E-state index in [0.29, 0.717) is 36.2 Å². The number of aliphatic imine (C=N–C) groups is 1. The summed E-state index contributed by atoms with van der Waals surface area (Å²) in [4.78, 5) is 30.4. The van der Waals surface area contributed by atoms with E-state index in [-0.39, 0.29) is 11.9 Å². The van der Waals surface area contributed by atoms with E-state index in [1.54, 1.807) is 19.5 Å². The predicted molar refractivity (Wildman–Crippen MR) is 131 cm³/mol. The first-order chi connectivity index (χ1) is 16.1. The van der Waals surface area contributed by atoms with Crippen molar-refractivity contribution in [2.75, 3.05) is 38.2 Å². The van der Waals surface area contributed by atoms with Gasteiger partial charge in [-0.2, -0.15) is 0 Å². The molecule has 1 unspecified atom stereocenters. The van der Waals surface area contributed by atoms with Gasteiger partial charge in [0.2, 0.25) is 11.9 Å². The molecule has 1 aromatic carbocycles. The van der Waals surface area contributed by atoms with Gasteiger partial charge in [0, 0.05) is 43.2 Å². The molecular formula is C25H30ClN5O2. The number of methoxy groups -OCH3 is 1. The summed E-state index contributed by atoms with van der Waals surface area (Å²) in [6.45, 7) is 5.00. The number of hydrogen-bond acceptors (Lipinski definition) is 6. The summed E-state index contributed by atoms with van der Waals surface area (Å²) < 4.78 is 5.11. The van der Waals surface area contributed by atoms with Gasteiger partial charge in [-0.1, -0.05) is 30.7 Å². The van der Waals surface area contributed by atoms with E-state index < -0.39 is 0 Å². The van der Waals surface area contributed by atoms with Crippen molar-refractivity contribution >= 4 is 29.2 Å². The fraction of sp³-hybridized carbons (Fsp3) is 0.440. The topological polar surface area (TPSA) is 70.9 Å². The van der Waals surface area contributed by atoms with Crippen molar-refractivity contribution in [3.05, 3.63) is 58.9 Å². The van der Waals surface area contributed by atoms with Crippen LogP contribution in [0.25, 0.3) is 0 Å². The van der Waals surface area contributed by atoms with Crippen LogP contribution < -0.4 is 9.64 Å². The van der Waals surface area contributed by atoms with Crippen LogP contribution in [0.4, 0.5) is 5.95 Å². The number of piperazine rings is 1. The number of aromatic nitrogens is 2. The van der Waals surface area contributed by atoms with Gasteiger partial charge in [-0.25, -0.2) is 9.97 Å². The van der Waals surface area contributed by atoms with Gasteiger partial charge >= 0.3 is 0 Å². The maximum atomic E-state index is 12.8. The molecule has 1 amide bonds. The molecule has 1 aromatic heterocycles. The highest BCUT2D eigenvalue weighted by molar-refractivity contribution is 6.31. The lowest BCUT2D eigenvalue weighted by molar-refractivity contribution is -0.131. The number of anilines is 1. The first-order valence-corrected chi connectivity index (χ1v) is 11.9. The largest absolute Gasteiger partial charge is 0.494 e. The number of carbonyl (C=O) groups excluding carboxylic acids is 1. The number of ether oxygens (including phenoxy) is 1. The van der Waals surface area contributed by atoms with E-state index in [1.165, 1.54) is 5.57 Å². The summed E-state index contributed by atoms with van der Waals surface area (Å²) in [6, 6.07) is 7.97. The van der Waals surface area contributed by atoms with E-state index in [0.717, 1.165) is 43.6 Å². The van der Waals surface area contributed by atoms with Gasteiger partial charge in [0.05, 0.1) is 31.3 Å². The Bertz CT molecular complexity index is 1030. The third kappa shape index (κ3) is 5.71. The second-order valence-corrected chi connectivity index (χ2v) is 8.73. The Kier molecular flexibility index (Phi) is 7.60. The van der Waals surface area contributed by atoms with Crippen molar-refractivity contribution in [3.8, 4) is 5.75 Å². The Hall–Kier alpha value is -2.93. The number of carbonyl (C=O) groups is 1. The smallest absolute Gasteiger partial charge is 0.225 e. The van der Waals surface area contributed by atoms with Crippen molar-refractivity contribution in [1.29, 1.82) is 0 Å². The highest BCUT2D eigenvalue weighted by Crippen LogP contribution is 2.26. The van der Waals surface area contributed by atoms with Crippen molar-refractivity contribution in [2.45, 2.75) is 38.6 Å². The molecule has 0 spiro atoms. The molecule has 0 radical (unpaired) electrons. The molecule has 0 bridgehead atoms. The summed E-state index contributed by atoms with van der Waals surface area (Å²) in [5, 5.41) is 0.717. The third-order valence-corrected chi connectivity index (χ3v) is 6.44. The molecule has 3 heterocycles. The Morgan fingerprint density at radius 3 is 2.61 bits per heavy atom. The fourth-order valence-electron chi connectivity index (χ4n) is 4.29. The highest BCUT2D eigenvalue weighted by Gasteiger charge is 2.24. The van der Waals surface area contributed by atoms with Crippen LogP contribution in [0.2, 0.25) is 5.02 Å². The molecule has 0 N–H and O–H groups in total. The van der Waals surface area contributed by atoms with Crippen LogP contribution in [0, 0.1) is 0 Å². The first kappa shape index (κ1) is 23.2. The standard InChI is InChI=1S/C25H30ClN5O2/c1-3-18-15-23(19-6-4-7-20(26)14-19)29-22(18)8-5-9-24(32)30-10-12-31(13-11-30)25-27-16-21(33-2)17-28-25/h4,6-7,14-17,22H,3,5,8-13H2,1-2H3. The molecule has 7 nitrogen and oxygen atoms in total. The Morgan fingerprint density at radius 1 is 1.18 bits per heavy atom. The summed E-state index contributed by atoms with van der Waals surface area (Å²) >= 11 is 6.15. The number of amides is 1. The van der Waals surface area contributed by atoms with E-state index in [2.05, 4.69) is 27.9 Å². The Balaban J connectivity index is 1.25. The molecule has 174 valence electrons. The molecule has 2 aromatic rings. The van der Waals surface area contributed by atoms with Crippen LogP contribution in [0.15, 0.2) is 53.3 Å². The number of rotatable bonds is 8. The van der Waals surface area contributed by atoms with Crippen LogP contribution in [-0.4, -0.2) is 65.8 Å². The third-order valence-electron chi connectivity index (χ3n) is 6.21. The van der Waals surface area contributed by atoms with Gasteiger partial charge < -0.3 is 14.5 Å². The predicted octanol–water partition coefficient (Wildman–Crippen LogP) is 4.17. The number of halogens is 1. The van der Waals surface area contributed by atoms with Crippen LogP contribution in [-0.2, 0) is 4.79 Å². The van der Waals surface area contributed by atoms with Crippen molar-refractivity contribution in [2.24, 2.45) is 4.99 Å². The van der Waals surface area contributed by atoms with Gasteiger partial charge in [-0.3, -0.25) is 9.79 Å². The van der Waals surface area contributed by atoms with Crippen molar-refractivity contribution in [1.82, 2.24) is 14.9 Å².